The minimum absolute atomic E-state index is 0.529. The van der Waals surface area contributed by atoms with Crippen LogP contribution in [0.3, 0.4) is 0 Å². The van der Waals surface area contributed by atoms with Crippen LogP contribution in [0.1, 0.15) is 29.9 Å². The van der Waals surface area contributed by atoms with Gasteiger partial charge in [-0.2, -0.15) is 0 Å². The van der Waals surface area contributed by atoms with Gasteiger partial charge in [-0.05, 0) is 24.6 Å². The molecule has 1 aliphatic heterocycles. The molecule has 0 saturated carbocycles. The molecule has 0 N–H and O–H groups in total. The molecule has 22 heavy (non-hydrogen) atoms. The maximum Gasteiger partial charge on any atom is 0.302 e. The highest BCUT2D eigenvalue weighted by atomic mass is 27.2. The van der Waals surface area contributed by atoms with Crippen molar-refractivity contribution in [2.45, 2.75) is 36.2 Å². The summed E-state index contributed by atoms with van der Waals surface area (Å²) in [5, 5.41) is 2.63. The van der Waals surface area contributed by atoms with Gasteiger partial charge in [-0.15, -0.1) is 0 Å². The Morgan fingerprint density at radius 3 is 2.45 bits per heavy atom. The van der Waals surface area contributed by atoms with E-state index in [0.29, 0.717) is 11.6 Å². The molecule has 1 heterocycles. The summed E-state index contributed by atoms with van der Waals surface area (Å²) in [6.07, 6.45) is 0. The van der Waals surface area contributed by atoms with Gasteiger partial charge in [-0.25, -0.2) is 0 Å². The van der Waals surface area contributed by atoms with E-state index >= 15 is 0 Å². The van der Waals surface area contributed by atoms with Gasteiger partial charge in [0.2, 0.25) is 0 Å². The largest absolute Gasteiger partial charge is 0.473 e. The molecule has 2 nitrogen and oxygen atoms in total. The molecule has 0 radical (unpaired) electrons. The highest BCUT2D eigenvalue weighted by Gasteiger charge is 2.37. The normalized spacial score (nSPS) is 16.9. The summed E-state index contributed by atoms with van der Waals surface area (Å²) in [5.74, 6) is 1.12. The first kappa shape index (κ1) is 15.5. The number of rotatable bonds is 4. The van der Waals surface area contributed by atoms with Crippen molar-refractivity contribution in [2.24, 2.45) is 0 Å². The lowest BCUT2D eigenvalue weighted by atomic mass is 10.1. The van der Waals surface area contributed by atoms with Crippen LogP contribution in [0.15, 0.2) is 48.5 Å². The summed E-state index contributed by atoms with van der Waals surface area (Å²) in [6, 6.07) is 17.3. The lowest BCUT2D eigenvalue weighted by Crippen LogP contribution is -2.44. The molecule has 3 rings (SSSR count). The van der Waals surface area contributed by atoms with Crippen molar-refractivity contribution >= 4 is 19.8 Å². The van der Waals surface area contributed by atoms with Gasteiger partial charge < -0.3 is 9.64 Å². The molecule has 0 aliphatic carbocycles. The zero-order valence-corrected chi connectivity index (χ0v) is 14.9. The Kier molecular flexibility index (Phi) is 4.76. The van der Waals surface area contributed by atoms with Crippen molar-refractivity contribution in [1.82, 2.24) is 0 Å². The molecule has 2 aromatic carbocycles. The topological polar surface area (TPSA) is 12.5 Å². The van der Waals surface area contributed by atoms with Crippen LogP contribution in [0.4, 0.5) is 5.69 Å². The minimum atomic E-state index is -0.913. The zero-order valence-electron chi connectivity index (χ0n) is 13.8. The fraction of sp³-hybridized carbons (Fsp3) is 0.368. The quantitative estimate of drug-likeness (QED) is 0.740. The van der Waals surface area contributed by atoms with Crippen LogP contribution in [0.5, 0.6) is 5.75 Å². The van der Waals surface area contributed by atoms with E-state index in [4.69, 9.17) is 4.74 Å². The number of nitrogens with zero attached hydrogens (tertiary/aromatic N) is 1. The molecule has 0 saturated heterocycles. The molecule has 2 aromatic rings. The minimum Gasteiger partial charge on any atom is -0.473 e. The van der Waals surface area contributed by atoms with Crippen LogP contribution >= 0.6 is 0 Å². The number of hydrogen-bond acceptors (Lipinski definition) is 2. The first-order valence-electron chi connectivity index (χ1n) is 8.30. The number of anilines is 1. The molecule has 1 atom stereocenters. The Morgan fingerprint density at radius 1 is 1.05 bits per heavy atom. The number of benzene rings is 2. The highest BCUT2D eigenvalue weighted by Crippen LogP contribution is 2.41. The molecule has 0 fully saturated rings. The third-order valence-electron chi connectivity index (χ3n) is 4.83. The van der Waals surface area contributed by atoms with E-state index in [2.05, 4.69) is 74.2 Å². The summed E-state index contributed by atoms with van der Waals surface area (Å²) in [5.41, 5.74) is 3.93. The summed E-state index contributed by atoms with van der Waals surface area (Å²) in [4.78, 5) is 3.01. The SMILES string of the molecule is C[CH2][Al]([CH2]C)[CH]1c2cccc(C)c2OCN1c1ccccc1. The van der Waals surface area contributed by atoms with Crippen molar-refractivity contribution in [3.8, 4) is 5.75 Å². The Morgan fingerprint density at radius 2 is 1.77 bits per heavy atom. The van der Waals surface area contributed by atoms with E-state index in [1.54, 1.807) is 0 Å². The van der Waals surface area contributed by atoms with Gasteiger partial charge >= 0.3 is 14.1 Å². The number of hydrogen-bond donors (Lipinski definition) is 0. The van der Waals surface area contributed by atoms with E-state index in [1.165, 1.54) is 27.4 Å². The van der Waals surface area contributed by atoms with Crippen molar-refractivity contribution in [2.75, 3.05) is 11.6 Å². The average molecular weight is 309 g/mol. The average Bonchev–Trinajstić information content (AvgIpc) is 2.57. The van der Waals surface area contributed by atoms with Crippen molar-refractivity contribution in [1.29, 1.82) is 0 Å². The maximum absolute atomic E-state index is 6.14. The van der Waals surface area contributed by atoms with Gasteiger partial charge in [-0.1, -0.05) is 60.8 Å². The predicted octanol–water partition coefficient (Wildman–Crippen LogP) is 4.97. The lowest BCUT2D eigenvalue weighted by molar-refractivity contribution is 0.282. The van der Waals surface area contributed by atoms with Crippen molar-refractivity contribution in [3.63, 3.8) is 0 Å². The summed E-state index contributed by atoms with van der Waals surface area (Å²) < 4.78 is 6.14. The molecule has 0 spiro atoms. The Balaban J connectivity index is 2.08. The van der Waals surface area contributed by atoms with Crippen LogP contribution in [0.2, 0.25) is 10.6 Å². The molecular formula is C19H24AlNO. The Hall–Kier alpha value is -1.43. The van der Waals surface area contributed by atoms with Gasteiger partial charge in [0.05, 0.1) is 0 Å². The number of fused-ring (bicyclic) bond motifs is 1. The fourth-order valence-electron chi connectivity index (χ4n) is 3.59. The van der Waals surface area contributed by atoms with Gasteiger partial charge in [0, 0.05) is 16.2 Å². The predicted molar refractivity (Wildman–Crippen MR) is 95.1 cm³/mol. The third-order valence-corrected chi connectivity index (χ3v) is 8.54. The van der Waals surface area contributed by atoms with Crippen molar-refractivity contribution < 1.29 is 4.74 Å². The van der Waals surface area contributed by atoms with Crippen LogP contribution < -0.4 is 9.64 Å². The number of para-hydroxylation sites is 2. The smallest absolute Gasteiger partial charge is 0.302 e. The van der Waals surface area contributed by atoms with Crippen LogP contribution in [-0.2, 0) is 0 Å². The highest BCUT2D eigenvalue weighted by molar-refractivity contribution is 6.60. The molecule has 1 unspecified atom stereocenters. The van der Waals surface area contributed by atoms with E-state index in [0.717, 1.165) is 5.75 Å². The molecular weight excluding hydrogens is 285 g/mol. The zero-order chi connectivity index (χ0) is 15.5. The molecule has 0 bridgehead atoms. The summed E-state index contributed by atoms with van der Waals surface area (Å²) in [6.45, 7) is 7.53. The number of aryl methyl sites for hydroxylation is 1. The summed E-state index contributed by atoms with van der Waals surface area (Å²) >= 11 is -0.913. The molecule has 114 valence electrons. The van der Waals surface area contributed by atoms with E-state index < -0.39 is 14.1 Å². The van der Waals surface area contributed by atoms with Crippen LogP contribution in [0.25, 0.3) is 0 Å². The van der Waals surface area contributed by atoms with Gasteiger partial charge in [0.15, 0.2) is 6.73 Å². The van der Waals surface area contributed by atoms with Crippen molar-refractivity contribution in [3.05, 3.63) is 59.7 Å². The fourth-order valence-corrected chi connectivity index (χ4v) is 6.59. The third kappa shape index (κ3) is 2.76. The first-order chi connectivity index (χ1) is 10.8. The first-order valence-corrected chi connectivity index (χ1v) is 10.6. The maximum atomic E-state index is 6.14. The second-order valence-corrected chi connectivity index (χ2v) is 9.88. The number of ether oxygens (including phenoxy) is 1. The van der Waals surface area contributed by atoms with E-state index in [-0.39, 0.29) is 0 Å². The molecule has 1 aliphatic rings. The Bertz CT molecular complexity index is 625. The van der Waals surface area contributed by atoms with Gasteiger partial charge in [0.1, 0.15) is 5.75 Å². The Labute approximate surface area is 138 Å². The second kappa shape index (κ2) is 6.77. The monoisotopic (exact) mass is 309 g/mol. The standard InChI is InChI=1S/C15H14NO.2C2H5.Al/c1-12-6-5-7-13-10-16(11-17-15(12)13)14-8-3-2-4-9-14;2*1-2;/h2-10H,11H2,1H3;2*1H2,2H3;. The van der Waals surface area contributed by atoms with E-state index in [1.807, 2.05) is 0 Å². The second-order valence-electron chi connectivity index (χ2n) is 6.09. The lowest BCUT2D eigenvalue weighted by Gasteiger charge is -2.42. The van der Waals surface area contributed by atoms with Crippen LogP contribution in [-0.4, -0.2) is 20.9 Å². The van der Waals surface area contributed by atoms with Crippen LogP contribution in [0, 0.1) is 6.92 Å². The summed E-state index contributed by atoms with van der Waals surface area (Å²) in [7, 11) is 0. The van der Waals surface area contributed by atoms with Gasteiger partial charge in [0.25, 0.3) is 0 Å². The molecule has 3 heteroatoms. The van der Waals surface area contributed by atoms with E-state index in [9.17, 15) is 0 Å². The molecule has 0 aromatic heterocycles. The molecule has 0 amide bonds. The van der Waals surface area contributed by atoms with Gasteiger partial charge in [-0.3, -0.25) is 0 Å².